The Hall–Kier alpha value is -3.81. The number of urea groups is 1. The number of carbonyl (C=O) groups is 2. The van der Waals surface area contributed by atoms with E-state index in [4.69, 9.17) is 9.26 Å². The van der Waals surface area contributed by atoms with Gasteiger partial charge in [-0.1, -0.05) is 11.2 Å². The van der Waals surface area contributed by atoms with Gasteiger partial charge in [-0.25, -0.2) is 4.79 Å². The van der Waals surface area contributed by atoms with Gasteiger partial charge in [0, 0.05) is 24.0 Å². The fourth-order valence-electron chi connectivity index (χ4n) is 2.62. The molecule has 8 nitrogen and oxygen atoms in total. The Balaban J connectivity index is 1.62. The number of rotatable bonds is 6. The Morgan fingerprint density at radius 1 is 1.03 bits per heavy atom. The van der Waals surface area contributed by atoms with Gasteiger partial charge in [0.05, 0.1) is 11.3 Å². The van der Waals surface area contributed by atoms with E-state index in [2.05, 4.69) is 21.1 Å². The minimum absolute atomic E-state index is 0.264. The molecule has 3 rings (SSSR count). The van der Waals surface area contributed by atoms with Crippen LogP contribution < -0.4 is 20.7 Å². The van der Waals surface area contributed by atoms with Gasteiger partial charge in [-0.2, -0.15) is 0 Å². The fourth-order valence-corrected chi connectivity index (χ4v) is 2.62. The number of ether oxygens (including phenoxy) is 1. The van der Waals surface area contributed by atoms with Crippen molar-refractivity contribution in [3.05, 3.63) is 71.1 Å². The minimum atomic E-state index is -0.310. The molecular weight excluding hydrogens is 372 g/mol. The summed E-state index contributed by atoms with van der Waals surface area (Å²) in [7, 11) is 1.54. The topological polar surface area (TPSA) is 105 Å². The van der Waals surface area contributed by atoms with Crippen LogP contribution in [0.5, 0.6) is 5.75 Å². The maximum absolute atomic E-state index is 12.5. The quantitative estimate of drug-likeness (QED) is 0.588. The lowest BCUT2D eigenvalue weighted by Crippen LogP contribution is -2.24. The first kappa shape index (κ1) is 19.9. The third kappa shape index (κ3) is 5.13. The van der Waals surface area contributed by atoms with Crippen LogP contribution in [-0.2, 0) is 6.61 Å². The summed E-state index contributed by atoms with van der Waals surface area (Å²) in [5, 5.41) is 11.8. The molecule has 29 heavy (non-hydrogen) atoms. The highest BCUT2D eigenvalue weighted by Crippen LogP contribution is 2.20. The molecule has 3 aromatic rings. The summed E-state index contributed by atoms with van der Waals surface area (Å²) >= 11 is 0. The number of anilines is 2. The van der Waals surface area contributed by atoms with Crippen molar-refractivity contribution in [2.24, 2.45) is 0 Å². The molecule has 0 saturated carbocycles. The number of nitrogens with zero attached hydrogens (tertiary/aromatic N) is 1. The number of nitrogens with one attached hydrogen (secondary N) is 3. The molecule has 2 aromatic carbocycles. The molecule has 1 heterocycles. The zero-order chi connectivity index (χ0) is 20.8. The van der Waals surface area contributed by atoms with Crippen molar-refractivity contribution in [1.82, 2.24) is 10.5 Å². The van der Waals surface area contributed by atoms with Crippen LogP contribution in [0.15, 0.2) is 53.1 Å². The molecule has 0 unspecified atom stereocenters. The average Bonchev–Trinajstić information content (AvgIpc) is 3.05. The van der Waals surface area contributed by atoms with Gasteiger partial charge in [-0.3, -0.25) is 4.79 Å². The molecule has 0 radical (unpaired) electrons. The maximum atomic E-state index is 12.5. The van der Waals surface area contributed by atoms with Crippen LogP contribution in [0.2, 0.25) is 0 Å². The number of hydrogen-bond donors (Lipinski definition) is 3. The Kier molecular flexibility index (Phi) is 6.13. The SMILES string of the molecule is CNC(=O)Nc1ccc(NC(=O)c2cccc(OCc3c(C)noc3C)c2)cc1. The van der Waals surface area contributed by atoms with Gasteiger partial charge in [-0.15, -0.1) is 0 Å². The lowest BCUT2D eigenvalue weighted by molar-refractivity contribution is 0.102. The Labute approximate surface area is 168 Å². The zero-order valence-corrected chi connectivity index (χ0v) is 16.4. The predicted octanol–water partition coefficient (Wildman–Crippen LogP) is 3.87. The average molecular weight is 394 g/mol. The van der Waals surface area contributed by atoms with Crippen LogP contribution in [0.4, 0.5) is 16.2 Å². The van der Waals surface area contributed by atoms with E-state index in [1.54, 1.807) is 48.5 Å². The lowest BCUT2D eigenvalue weighted by atomic mass is 10.2. The summed E-state index contributed by atoms with van der Waals surface area (Å²) in [6.07, 6.45) is 0. The minimum Gasteiger partial charge on any atom is -0.489 e. The third-order valence-corrected chi connectivity index (χ3v) is 4.29. The zero-order valence-electron chi connectivity index (χ0n) is 16.4. The van der Waals surface area contributed by atoms with Crippen molar-refractivity contribution in [1.29, 1.82) is 0 Å². The van der Waals surface area contributed by atoms with E-state index >= 15 is 0 Å². The number of hydrogen-bond acceptors (Lipinski definition) is 5. The summed E-state index contributed by atoms with van der Waals surface area (Å²) in [5.74, 6) is 1.02. The Morgan fingerprint density at radius 2 is 1.72 bits per heavy atom. The van der Waals surface area contributed by atoms with Crippen LogP contribution in [0, 0.1) is 13.8 Å². The van der Waals surface area contributed by atoms with E-state index in [9.17, 15) is 9.59 Å². The highest BCUT2D eigenvalue weighted by molar-refractivity contribution is 6.04. The van der Waals surface area contributed by atoms with Crippen molar-refractivity contribution in [2.45, 2.75) is 20.5 Å². The van der Waals surface area contributed by atoms with Crippen molar-refractivity contribution in [3.8, 4) is 5.75 Å². The predicted molar refractivity (Wildman–Crippen MR) is 109 cm³/mol. The molecule has 0 spiro atoms. The van der Waals surface area contributed by atoms with Crippen molar-refractivity contribution in [2.75, 3.05) is 17.7 Å². The van der Waals surface area contributed by atoms with E-state index in [0.717, 1.165) is 11.3 Å². The van der Waals surface area contributed by atoms with Crippen molar-refractivity contribution in [3.63, 3.8) is 0 Å². The van der Waals surface area contributed by atoms with Gasteiger partial charge < -0.3 is 25.2 Å². The Bertz CT molecular complexity index is 992. The van der Waals surface area contributed by atoms with Crippen LogP contribution in [0.1, 0.15) is 27.4 Å². The summed E-state index contributed by atoms with van der Waals surface area (Å²) in [5.41, 5.74) is 3.38. The second-order valence-electron chi connectivity index (χ2n) is 6.35. The van der Waals surface area contributed by atoms with E-state index in [-0.39, 0.29) is 11.9 Å². The highest BCUT2D eigenvalue weighted by Gasteiger charge is 2.11. The lowest BCUT2D eigenvalue weighted by Gasteiger charge is -2.10. The molecule has 0 bridgehead atoms. The molecule has 8 heteroatoms. The van der Waals surface area contributed by atoms with Crippen molar-refractivity contribution < 1.29 is 18.8 Å². The van der Waals surface area contributed by atoms with E-state index in [1.807, 2.05) is 13.8 Å². The van der Waals surface area contributed by atoms with Crippen LogP contribution in [0.25, 0.3) is 0 Å². The summed E-state index contributed by atoms with van der Waals surface area (Å²) < 4.78 is 10.9. The van der Waals surface area contributed by atoms with Crippen LogP contribution in [0.3, 0.4) is 0 Å². The fraction of sp³-hybridized carbons (Fsp3) is 0.190. The molecule has 0 aliphatic rings. The molecule has 150 valence electrons. The van der Waals surface area contributed by atoms with E-state index < -0.39 is 0 Å². The van der Waals surface area contributed by atoms with Gasteiger partial charge in [0.1, 0.15) is 18.1 Å². The first-order valence-electron chi connectivity index (χ1n) is 9.01. The van der Waals surface area contributed by atoms with E-state index in [0.29, 0.717) is 35.1 Å². The molecule has 0 aliphatic carbocycles. The first-order valence-corrected chi connectivity index (χ1v) is 9.01. The maximum Gasteiger partial charge on any atom is 0.318 e. The summed E-state index contributed by atoms with van der Waals surface area (Å²) in [6.45, 7) is 4.00. The van der Waals surface area contributed by atoms with Gasteiger partial charge in [0.15, 0.2) is 0 Å². The molecule has 3 N–H and O–H groups in total. The molecule has 3 amide bonds. The number of amides is 3. The number of aromatic nitrogens is 1. The number of carbonyl (C=O) groups excluding carboxylic acids is 2. The number of aryl methyl sites for hydroxylation is 2. The molecular formula is C21H22N4O4. The normalized spacial score (nSPS) is 10.3. The summed E-state index contributed by atoms with van der Waals surface area (Å²) in [4.78, 5) is 23.9. The molecule has 0 aliphatic heterocycles. The van der Waals surface area contributed by atoms with Gasteiger partial charge in [0.25, 0.3) is 5.91 Å². The van der Waals surface area contributed by atoms with Crippen LogP contribution >= 0.6 is 0 Å². The van der Waals surface area contributed by atoms with E-state index in [1.165, 1.54) is 7.05 Å². The monoisotopic (exact) mass is 394 g/mol. The standard InChI is InChI=1S/C21H22N4O4/c1-13-19(14(2)29-25-13)12-28-18-6-4-5-15(11-18)20(26)23-16-7-9-17(10-8-16)24-21(27)22-3/h4-11H,12H2,1-3H3,(H,23,26)(H2,22,24,27). The summed E-state index contributed by atoms with van der Waals surface area (Å²) in [6, 6.07) is 13.4. The van der Waals surface area contributed by atoms with Crippen molar-refractivity contribution >= 4 is 23.3 Å². The smallest absolute Gasteiger partial charge is 0.318 e. The van der Waals surface area contributed by atoms with Gasteiger partial charge in [0.2, 0.25) is 0 Å². The molecule has 1 aromatic heterocycles. The third-order valence-electron chi connectivity index (χ3n) is 4.29. The van der Waals surface area contributed by atoms with Crippen LogP contribution in [-0.4, -0.2) is 24.1 Å². The Morgan fingerprint density at radius 3 is 2.34 bits per heavy atom. The molecule has 0 atom stereocenters. The number of benzene rings is 2. The largest absolute Gasteiger partial charge is 0.489 e. The second kappa shape index (κ2) is 8.92. The van der Waals surface area contributed by atoms with Gasteiger partial charge in [-0.05, 0) is 56.3 Å². The molecule has 0 fully saturated rings. The molecule has 0 saturated heterocycles. The second-order valence-corrected chi connectivity index (χ2v) is 6.35. The highest BCUT2D eigenvalue weighted by atomic mass is 16.5. The van der Waals surface area contributed by atoms with Gasteiger partial charge >= 0.3 is 6.03 Å². The first-order chi connectivity index (χ1) is 14.0.